The maximum absolute atomic E-state index is 12.1. The second-order valence-electron chi connectivity index (χ2n) is 8.55. The molecule has 1 saturated heterocycles. The molecule has 1 aliphatic rings. The molecular formula is C24H42N6O. The molecular weight excluding hydrogens is 388 g/mol. The molecule has 2 rings (SSSR count). The third-order valence-electron chi connectivity index (χ3n) is 6.01. The first-order valence-electron chi connectivity index (χ1n) is 11.7. The van der Waals surface area contributed by atoms with Gasteiger partial charge in [0.05, 0.1) is 0 Å². The minimum Gasteiger partial charge on any atom is -0.375 e. The molecule has 1 amide bonds. The number of hydrogen-bond acceptors (Lipinski definition) is 4. The minimum atomic E-state index is 0.0296. The monoisotopic (exact) mass is 430 g/mol. The topological polar surface area (TPSA) is 54.4 Å². The van der Waals surface area contributed by atoms with Gasteiger partial charge in [-0.2, -0.15) is 0 Å². The maximum Gasteiger partial charge on any atom is 0.243 e. The first-order valence-corrected chi connectivity index (χ1v) is 11.7. The Morgan fingerprint density at radius 1 is 1.16 bits per heavy atom. The Labute approximate surface area is 189 Å². The molecule has 1 atom stereocenters. The molecule has 0 aromatic heterocycles. The highest BCUT2D eigenvalue weighted by molar-refractivity contribution is 5.85. The molecule has 0 spiro atoms. The number of aliphatic imine (C=N–C) groups is 1. The molecule has 1 unspecified atom stereocenters. The zero-order chi connectivity index (χ0) is 22.6. The second kappa shape index (κ2) is 13.2. The van der Waals surface area contributed by atoms with Gasteiger partial charge in [0.1, 0.15) is 6.54 Å². The summed E-state index contributed by atoms with van der Waals surface area (Å²) >= 11 is 0. The minimum absolute atomic E-state index is 0.0296. The van der Waals surface area contributed by atoms with Crippen LogP contribution < -0.4 is 10.2 Å². The number of likely N-dealkylation sites (N-methyl/N-ethyl adjacent to an activating group) is 1. The molecule has 0 radical (unpaired) electrons. The summed E-state index contributed by atoms with van der Waals surface area (Å²) in [5.74, 6) is 1.56. The van der Waals surface area contributed by atoms with Crippen molar-refractivity contribution in [3.63, 3.8) is 0 Å². The van der Waals surface area contributed by atoms with Crippen LogP contribution >= 0.6 is 0 Å². The number of guanidine groups is 1. The van der Waals surface area contributed by atoms with E-state index in [0.717, 1.165) is 58.2 Å². The van der Waals surface area contributed by atoms with Crippen molar-refractivity contribution < 1.29 is 4.79 Å². The number of carbonyl (C=O) groups is 1. The van der Waals surface area contributed by atoms with Crippen molar-refractivity contribution in [1.82, 2.24) is 20.0 Å². The van der Waals surface area contributed by atoms with Crippen LogP contribution in [-0.2, 0) is 4.79 Å². The molecule has 31 heavy (non-hydrogen) atoms. The molecule has 1 fully saturated rings. The quantitative estimate of drug-likeness (QED) is 0.331. The van der Waals surface area contributed by atoms with Crippen molar-refractivity contribution in [1.29, 1.82) is 0 Å². The Kier molecular flexibility index (Phi) is 10.6. The smallest absolute Gasteiger partial charge is 0.243 e. The number of nitrogens with zero attached hydrogens (tertiary/aromatic N) is 5. The fraction of sp³-hybridized carbons (Fsp3) is 0.667. The van der Waals surface area contributed by atoms with Crippen molar-refractivity contribution in [3.8, 4) is 0 Å². The molecule has 1 aliphatic heterocycles. The molecule has 1 N–H and O–H groups in total. The second-order valence-corrected chi connectivity index (χ2v) is 8.55. The van der Waals surface area contributed by atoms with Crippen LogP contribution in [0.25, 0.3) is 0 Å². The lowest BCUT2D eigenvalue weighted by atomic mass is 10.1. The van der Waals surface area contributed by atoms with E-state index in [9.17, 15) is 4.79 Å². The van der Waals surface area contributed by atoms with Gasteiger partial charge in [-0.3, -0.25) is 4.79 Å². The van der Waals surface area contributed by atoms with E-state index < -0.39 is 0 Å². The molecule has 1 heterocycles. The molecule has 1 aromatic rings. The summed E-state index contributed by atoms with van der Waals surface area (Å²) in [4.78, 5) is 25.4. The zero-order valence-corrected chi connectivity index (χ0v) is 20.2. The number of para-hydroxylation sites is 1. The summed E-state index contributed by atoms with van der Waals surface area (Å²) in [5, 5.41) is 3.53. The van der Waals surface area contributed by atoms with Crippen LogP contribution in [0.1, 0.15) is 26.7 Å². The summed E-state index contributed by atoms with van der Waals surface area (Å²) in [5.41, 5.74) is 1.23. The molecule has 1 aromatic carbocycles. The van der Waals surface area contributed by atoms with Gasteiger partial charge in [-0.25, -0.2) is 4.99 Å². The van der Waals surface area contributed by atoms with Crippen molar-refractivity contribution >= 4 is 17.6 Å². The largest absolute Gasteiger partial charge is 0.375 e. The summed E-state index contributed by atoms with van der Waals surface area (Å²) in [7, 11) is 5.68. The van der Waals surface area contributed by atoms with E-state index in [-0.39, 0.29) is 12.5 Å². The molecule has 0 aliphatic carbocycles. The average molecular weight is 431 g/mol. The van der Waals surface area contributed by atoms with E-state index in [0.29, 0.717) is 5.92 Å². The Bertz CT molecular complexity index is 674. The summed E-state index contributed by atoms with van der Waals surface area (Å²) in [6, 6.07) is 10.4. The van der Waals surface area contributed by atoms with Crippen LogP contribution in [-0.4, -0.2) is 100 Å². The Hall–Kier alpha value is -2.28. The van der Waals surface area contributed by atoms with Crippen LogP contribution in [0.4, 0.5) is 5.69 Å². The number of nitrogens with one attached hydrogen (secondary N) is 1. The fourth-order valence-corrected chi connectivity index (χ4v) is 3.90. The van der Waals surface area contributed by atoms with E-state index in [2.05, 4.69) is 70.2 Å². The van der Waals surface area contributed by atoms with Crippen LogP contribution in [0.2, 0.25) is 0 Å². The van der Waals surface area contributed by atoms with E-state index in [1.807, 2.05) is 6.07 Å². The van der Waals surface area contributed by atoms with E-state index in [1.165, 1.54) is 12.1 Å². The van der Waals surface area contributed by atoms with Crippen molar-refractivity contribution in [2.75, 3.05) is 78.4 Å². The summed E-state index contributed by atoms with van der Waals surface area (Å²) in [6.45, 7) is 11.8. The predicted octanol–water partition coefficient (Wildman–Crippen LogP) is 2.21. The molecule has 0 bridgehead atoms. The Morgan fingerprint density at radius 3 is 2.52 bits per heavy atom. The lowest BCUT2D eigenvalue weighted by molar-refractivity contribution is -0.127. The van der Waals surface area contributed by atoms with Crippen LogP contribution in [0.5, 0.6) is 0 Å². The molecule has 7 nitrogen and oxygen atoms in total. The van der Waals surface area contributed by atoms with Crippen LogP contribution in [0.3, 0.4) is 0 Å². The maximum atomic E-state index is 12.1. The van der Waals surface area contributed by atoms with Gasteiger partial charge >= 0.3 is 0 Å². The molecule has 7 heteroatoms. The van der Waals surface area contributed by atoms with Crippen molar-refractivity contribution in [2.24, 2.45) is 10.9 Å². The van der Waals surface area contributed by atoms with Gasteiger partial charge in [-0.1, -0.05) is 32.0 Å². The van der Waals surface area contributed by atoms with E-state index >= 15 is 0 Å². The van der Waals surface area contributed by atoms with E-state index in [4.69, 9.17) is 0 Å². The molecule has 0 saturated carbocycles. The Balaban J connectivity index is 1.89. The number of rotatable bonds is 11. The number of likely N-dealkylation sites (tertiary alicyclic amines) is 1. The van der Waals surface area contributed by atoms with Crippen molar-refractivity contribution in [3.05, 3.63) is 30.3 Å². The summed E-state index contributed by atoms with van der Waals surface area (Å²) < 4.78 is 0. The van der Waals surface area contributed by atoms with Gasteiger partial charge < -0.3 is 24.9 Å². The lowest BCUT2D eigenvalue weighted by Gasteiger charge is -2.25. The Morgan fingerprint density at radius 2 is 1.87 bits per heavy atom. The number of benzene rings is 1. The highest BCUT2D eigenvalue weighted by atomic mass is 16.2. The lowest BCUT2D eigenvalue weighted by Crippen LogP contribution is -2.42. The molecule has 174 valence electrons. The standard InChI is InChI=1S/C24H42N6O/c1-6-29(7-2)19-21-14-17-30(20-21)24(26-18-23(31)27(3)4)25-15-11-16-28(5)22-12-9-8-10-13-22/h8-10,12-13,21H,6-7,11,14-20H2,1-5H3,(H,25,26). The van der Waals surface area contributed by atoms with Gasteiger partial charge in [-0.15, -0.1) is 0 Å². The predicted molar refractivity (Wildman–Crippen MR) is 131 cm³/mol. The van der Waals surface area contributed by atoms with E-state index in [1.54, 1.807) is 19.0 Å². The third-order valence-corrected chi connectivity index (χ3v) is 6.01. The first kappa shape index (κ1) is 25.0. The highest BCUT2D eigenvalue weighted by Crippen LogP contribution is 2.18. The average Bonchev–Trinajstić information content (AvgIpc) is 3.25. The van der Waals surface area contributed by atoms with Gasteiger partial charge in [-0.05, 0) is 44.0 Å². The normalized spacial score (nSPS) is 16.6. The number of amides is 1. The van der Waals surface area contributed by atoms with Crippen LogP contribution in [0.15, 0.2) is 35.3 Å². The van der Waals surface area contributed by atoms with Crippen LogP contribution in [0, 0.1) is 5.92 Å². The fourth-order valence-electron chi connectivity index (χ4n) is 3.90. The number of carbonyl (C=O) groups excluding carboxylic acids is 1. The highest BCUT2D eigenvalue weighted by Gasteiger charge is 2.26. The SMILES string of the molecule is CCN(CC)CC1CCN(C(=NCC(=O)N(C)C)NCCCN(C)c2ccccc2)C1. The zero-order valence-electron chi connectivity index (χ0n) is 20.2. The first-order chi connectivity index (χ1) is 14.9. The van der Waals surface area contributed by atoms with Gasteiger partial charge in [0, 0.05) is 59.6 Å². The van der Waals surface area contributed by atoms with Gasteiger partial charge in [0.2, 0.25) is 5.91 Å². The summed E-state index contributed by atoms with van der Waals surface area (Å²) in [6.07, 6.45) is 2.18. The third kappa shape index (κ3) is 8.40. The number of anilines is 1. The van der Waals surface area contributed by atoms with Gasteiger partial charge in [0.15, 0.2) is 5.96 Å². The number of hydrogen-bond donors (Lipinski definition) is 1. The van der Waals surface area contributed by atoms with Gasteiger partial charge in [0.25, 0.3) is 0 Å². The van der Waals surface area contributed by atoms with Crippen molar-refractivity contribution in [2.45, 2.75) is 26.7 Å².